The number of furan rings is 1. The van der Waals surface area contributed by atoms with Gasteiger partial charge in [0.25, 0.3) is 0 Å². The van der Waals surface area contributed by atoms with Gasteiger partial charge in [0.15, 0.2) is 0 Å². The molecule has 3 rings (SSSR count). The van der Waals surface area contributed by atoms with Crippen LogP contribution in [-0.2, 0) is 4.79 Å². The standard InChI is InChI=1S/C16H18N2O2/c1-12(13-7-9-20-11-13)17-14-4-2-5-15(10-14)18-8-3-6-16(18)19/h2,4-5,7,9-12,17H,3,6,8H2,1H3. The predicted molar refractivity (Wildman–Crippen MR) is 78.8 cm³/mol. The van der Waals surface area contributed by atoms with E-state index in [0.29, 0.717) is 6.42 Å². The molecule has 1 aliphatic rings. The molecule has 20 heavy (non-hydrogen) atoms. The zero-order valence-corrected chi connectivity index (χ0v) is 11.5. The van der Waals surface area contributed by atoms with E-state index in [9.17, 15) is 4.79 Å². The Morgan fingerprint density at radius 2 is 2.25 bits per heavy atom. The van der Waals surface area contributed by atoms with Crippen LogP contribution in [0.4, 0.5) is 11.4 Å². The molecule has 1 N–H and O–H groups in total. The summed E-state index contributed by atoms with van der Waals surface area (Å²) in [6.45, 7) is 2.90. The van der Waals surface area contributed by atoms with E-state index in [1.54, 1.807) is 12.5 Å². The van der Waals surface area contributed by atoms with E-state index < -0.39 is 0 Å². The monoisotopic (exact) mass is 270 g/mol. The number of nitrogens with one attached hydrogen (secondary N) is 1. The lowest BCUT2D eigenvalue weighted by molar-refractivity contribution is -0.117. The number of benzene rings is 1. The molecule has 1 fully saturated rings. The molecule has 4 nitrogen and oxygen atoms in total. The second-order valence-corrected chi connectivity index (χ2v) is 5.12. The van der Waals surface area contributed by atoms with Gasteiger partial charge in [0.1, 0.15) is 0 Å². The van der Waals surface area contributed by atoms with Gasteiger partial charge in [0, 0.05) is 29.9 Å². The summed E-state index contributed by atoms with van der Waals surface area (Å²) in [5.41, 5.74) is 3.08. The van der Waals surface area contributed by atoms with Crippen molar-refractivity contribution in [3.8, 4) is 0 Å². The van der Waals surface area contributed by atoms with Crippen molar-refractivity contribution in [2.45, 2.75) is 25.8 Å². The van der Waals surface area contributed by atoms with Crippen molar-refractivity contribution in [1.82, 2.24) is 0 Å². The molecule has 1 aromatic heterocycles. The Hall–Kier alpha value is -2.23. The van der Waals surface area contributed by atoms with E-state index in [4.69, 9.17) is 4.42 Å². The third kappa shape index (κ3) is 2.54. The fourth-order valence-corrected chi connectivity index (χ4v) is 2.54. The first-order valence-corrected chi connectivity index (χ1v) is 6.93. The fourth-order valence-electron chi connectivity index (χ4n) is 2.54. The quantitative estimate of drug-likeness (QED) is 0.923. The third-order valence-corrected chi connectivity index (χ3v) is 3.66. The maximum atomic E-state index is 11.8. The average molecular weight is 270 g/mol. The first-order valence-electron chi connectivity index (χ1n) is 6.93. The number of rotatable bonds is 4. The lowest BCUT2D eigenvalue weighted by atomic mass is 10.1. The maximum Gasteiger partial charge on any atom is 0.227 e. The van der Waals surface area contributed by atoms with Crippen molar-refractivity contribution >= 4 is 17.3 Å². The molecule has 2 aromatic rings. The van der Waals surface area contributed by atoms with Crippen molar-refractivity contribution in [2.24, 2.45) is 0 Å². The summed E-state index contributed by atoms with van der Waals surface area (Å²) in [6, 6.07) is 10.1. The Labute approximate surface area is 118 Å². The third-order valence-electron chi connectivity index (χ3n) is 3.66. The molecule has 2 heterocycles. The largest absolute Gasteiger partial charge is 0.472 e. The lowest BCUT2D eigenvalue weighted by Crippen LogP contribution is -2.23. The van der Waals surface area contributed by atoms with Crippen molar-refractivity contribution in [1.29, 1.82) is 0 Å². The average Bonchev–Trinajstić information content (AvgIpc) is 3.10. The van der Waals surface area contributed by atoms with Crippen LogP contribution in [0.3, 0.4) is 0 Å². The molecular weight excluding hydrogens is 252 g/mol. The predicted octanol–water partition coefficient (Wildman–Crippen LogP) is 3.58. The van der Waals surface area contributed by atoms with Crippen molar-refractivity contribution in [3.63, 3.8) is 0 Å². The highest BCUT2D eigenvalue weighted by Crippen LogP contribution is 2.26. The van der Waals surface area contributed by atoms with Crippen LogP contribution in [0.5, 0.6) is 0 Å². The zero-order chi connectivity index (χ0) is 13.9. The van der Waals surface area contributed by atoms with Crippen LogP contribution < -0.4 is 10.2 Å². The number of hydrogen-bond donors (Lipinski definition) is 1. The van der Waals surface area contributed by atoms with Crippen LogP contribution in [0.1, 0.15) is 31.4 Å². The molecule has 1 aromatic carbocycles. The normalized spacial score (nSPS) is 16.4. The molecule has 0 spiro atoms. The smallest absolute Gasteiger partial charge is 0.227 e. The van der Waals surface area contributed by atoms with Gasteiger partial charge < -0.3 is 14.6 Å². The number of anilines is 2. The molecule has 1 unspecified atom stereocenters. The van der Waals surface area contributed by atoms with Crippen molar-refractivity contribution in [3.05, 3.63) is 48.4 Å². The number of nitrogens with zero attached hydrogens (tertiary/aromatic N) is 1. The summed E-state index contributed by atoms with van der Waals surface area (Å²) in [6.07, 6.45) is 5.02. The minimum atomic E-state index is 0.165. The maximum absolute atomic E-state index is 11.8. The minimum Gasteiger partial charge on any atom is -0.472 e. The Balaban J connectivity index is 1.76. The Morgan fingerprint density at radius 3 is 2.95 bits per heavy atom. The van der Waals surface area contributed by atoms with Crippen molar-refractivity contribution in [2.75, 3.05) is 16.8 Å². The van der Waals surface area contributed by atoms with E-state index in [2.05, 4.69) is 12.2 Å². The van der Waals surface area contributed by atoms with Crippen LogP contribution >= 0.6 is 0 Å². The zero-order valence-electron chi connectivity index (χ0n) is 11.5. The van der Waals surface area contributed by atoms with Crippen molar-refractivity contribution < 1.29 is 9.21 Å². The highest BCUT2D eigenvalue weighted by molar-refractivity contribution is 5.95. The van der Waals surface area contributed by atoms with Crippen LogP contribution in [0.25, 0.3) is 0 Å². The van der Waals surface area contributed by atoms with Gasteiger partial charge >= 0.3 is 0 Å². The van der Waals surface area contributed by atoms with Gasteiger partial charge in [0.05, 0.1) is 18.6 Å². The van der Waals surface area contributed by atoms with Gasteiger partial charge in [-0.05, 0) is 37.6 Å². The molecular formula is C16H18N2O2. The molecule has 1 saturated heterocycles. The second kappa shape index (κ2) is 5.41. The summed E-state index contributed by atoms with van der Waals surface area (Å²) in [5, 5.41) is 3.42. The lowest BCUT2D eigenvalue weighted by Gasteiger charge is -2.19. The van der Waals surface area contributed by atoms with Gasteiger partial charge in [0.2, 0.25) is 5.91 Å². The van der Waals surface area contributed by atoms with E-state index >= 15 is 0 Å². The van der Waals surface area contributed by atoms with Crippen LogP contribution in [0.15, 0.2) is 47.3 Å². The molecule has 0 saturated carbocycles. The number of amides is 1. The Kier molecular flexibility index (Phi) is 3.46. The fraction of sp³-hybridized carbons (Fsp3) is 0.312. The van der Waals surface area contributed by atoms with E-state index in [1.807, 2.05) is 35.2 Å². The molecule has 1 amide bonds. The van der Waals surface area contributed by atoms with E-state index in [-0.39, 0.29) is 11.9 Å². The minimum absolute atomic E-state index is 0.165. The van der Waals surface area contributed by atoms with Crippen LogP contribution in [-0.4, -0.2) is 12.5 Å². The number of carbonyl (C=O) groups is 1. The highest BCUT2D eigenvalue weighted by Gasteiger charge is 2.21. The highest BCUT2D eigenvalue weighted by atomic mass is 16.3. The first kappa shape index (κ1) is 12.8. The SMILES string of the molecule is CC(Nc1cccc(N2CCCC2=O)c1)c1ccoc1. The molecule has 1 aliphatic heterocycles. The van der Waals surface area contributed by atoms with Gasteiger partial charge in [-0.2, -0.15) is 0 Å². The summed E-state index contributed by atoms with van der Waals surface area (Å²) in [7, 11) is 0. The summed E-state index contributed by atoms with van der Waals surface area (Å²) >= 11 is 0. The first-order chi connectivity index (χ1) is 9.74. The Morgan fingerprint density at radius 1 is 1.35 bits per heavy atom. The number of hydrogen-bond acceptors (Lipinski definition) is 3. The molecule has 1 atom stereocenters. The molecule has 0 aliphatic carbocycles. The number of carbonyl (C=O) groups excluding carboxylic acids is 1. The summed E-state index contributed by atoms with van der Waals surface area (Å²) < 4.78 is 5.10. The van der Waals surface area contributed by atoms with E-state index in [1.165, 1.54) is 0 Å². The van der Waals surface area contributed by atoms with E-state index in [0.717, 1.165) is 29.9 Å². The van der Waals surface area contributed by atoms with Gasteiger partial charge in [-0.15, -0.1) is 0 Å². The summed E-state index contributed by atoms with van der Waals surface area (Å²) in [4.78, 5) is 13.6. The second-order valence-electron chi connectivity index (χ2n) is 5.12. The van der Waals surface area contributed by atoms with Crippen LogP contribution in [0, 0.1) is 0 Å². The van der Waals surface area contributed by atoms with Gasteiger partial charge in [-0.3, -0.25) is 4.79 Å². The molecule has 4 heteroatoms. The van der Waals surface area contributed by atoms with Gasteiger partial charge in [-0.25, -0.2) is 0 Å². The molecule has 0 bridgehead atoms. The molecule has 104 valence electrons. The Bertz CT molecular complexity index is 592. The topological polar surface area (TPSA) is 45.5 Å². The molecule has 0 radical (unpaired) electrons. The summed E-state index contributed by atoms with van der Waals surface area (Å²) in [5.74, 6) is 0.213. The van der Waals surface area contributed by atoms with Crippen LogP contribution in [0.2, 0.25) is 0 Å². The van der Waals surface area contributed by atoms with Gasteiger partial charge in [-0.1, -0.05) is 6.07 Å².